The Morgan fingerprint density at radius 1 is 1.19 bits per heavy atom. The lowest BCUT2D eigenvalue weighted by Gasteiger charge is -2.27. The van der Waals surface area contributed by atoms with Crippen LogP contribution in [0.15, 0.2) is 73.2 Å². The van der Waals surface area contributed by atoms with Gasteiger partial charge < -0.3 is 19.8 Å². The normalized spacial score (nSPS) is 17.8. The van der Waals surface area contributed by atoms with Crippen LogP contribution in [0.2, 0.25) is 5.02 Å². The molecular weight excluding hydrogens is 573 g/mol. The molecule has 2 atom stereocenters. The number of nitriles is 1. The monoisotopic (exact) mass is 603 g/mol. The Bertz CT molecular complexity index is 1650. The molecule has 2 unspecified atom stereocenters. The van der Waals surface area contributed by atoms with Crippen molar-refractivity contribution in [2.75, 3.05) is 13.2 Å². The third kappa shape index (κ3) is 6.45. The number of benzene rings is 2. The molecule has 3 heterocycles. The predicted octanol–water partition coefficient (Wildman–Crippen LogP) is 4.87. The average Bonchev–Trinajstić information content (AvgIpc) is 3.57. The third-order valence-electron chi connectivity index (χ3n) is 7.84. The lowest BCUT2D eigenvalue weighted by atomic mass is 9.88. The first kappa shape index (κ1) is 30.3. The summed E-state index contributed by atoms with van der Waals surface area (Å²) in [6, 6.07) is 17.4. The number of pyridine rings is 1. The summed E-state index contributed by atoms with van der Waals surface area (Å²) >= 11 is 5.54. The maximum Gasteiger partial charge on any atom is 0.257 e. The molecule has 11 heteroatoms. The summed E-state index contributed by atoms with van der Waals surface area (Å²) in [5, 5.41) is 34.9. The lowest BCUT2D eigenvalue weighted by Crippen LogP contribution is -2.31. The standard InChI is InChI=1S/C26H26FN5O4.C6H5Cl/c1-25(35,18-11-30-31(2)12-18)17-7-20-22(21(27)8-17)24(36-15-26(14-33)5-6-26)32(23(20)34)13-19-4-3-16(9-28)10-29-19;7-6-4-2-1-3-5-6/h3-4,7-8,10-12,24,33,35H,5-6,13-15H2,1-2H3;1-5H. The molecule has 2 aromatic heterocycles. The number of hydrogen-bond donors (Lipinski definition) is 2. The summed E-state index contributed by atoms with van der Waals surface area (Å²) < 4.78 is 23.3. The Morgan fingerprint density at radius 2 is 1.93 bits per heavy atom. The Morgan fingerprint density at radius 3 is 2.47 bits per heavy atom. The van der Waals surface area contributed by atoms with E-state index in [1.54, 1.807) is 25.4 Å². The molecule has 0 radical (unpaired) electrons. The maximum atomic E-state index is 15.7. The largest absolute Gasteiger partial charge is 0.396 e. The van der Waals surface area contributed by atoms with Crippen molar-refractivity contribution in [2.24, 2.45) is 12.5 Å². The quantitative estimate of drug-likeness (QED) is 0.294. The van der Waals surface area contributed by atoms with Crippen molar-refractivity contribution in [2.45, 2.75) is 38.1 Å². The van der Waals surface area contributed by atoms with E-state index in [2.05, 4.69) is 10.1 Å². The zero-order chi connectivity index (χ0) is 30.8. The van der Waals surface area contributed by atoms with Crippen molar-refractivity contribution in [1.82, 2.24) is 19.7 Å². The lowest BCUT2D eigenvalue weighted by molar-refractivity contribution is -0.0676. The fourth-order valence-electron chi connectivity index (χ4n) is 4.87. The van der Waals surface area contributed by atoms with Crippen molar-refractivity contribution in [3.63, 3.8) is 0 Å². The summed E-state index contributed by atoms with van der Waals surface area (Å²) in [5.41, 5.74) is -0.201. The predicted molar refractivity (Wildman–Crippen MR) is 156 cm³/mol. The van der Waals surface area contributed by atoms with E-state index in [9.17, 15) is 15.0 Å². The van der Waals surface area contributed by atoms with Crippen molar-refractivity contribution in [3.05, 3.63) is 118 Å². The van der Waals surface area contributed by atoms with Crippen molar-refractivity contribution >= 4 is 17.5 Å². The van der Waals surface area contributed by atoms with Gasteiger partial charge in [0.15, 0.2) is 6.23 Å². The van der Waals surface area contributed by atoms with Gasteiger partial charge in [-0.3, -0.25) is 14.5 Å². The van der Waals surface area contributed by atoms with Crippen LogP contribution in [0.25, 0.3) is 0 Å². The molecule has 2 aliphatic rings. The molecule has 0 spiro atoms. The van der Waals surface area contributed by atoms with Crippen molar-refractivity contribution < 1.29 is 24.1 Å². The van der Waals surface area contributed by atoms with Crippen LogP contribution >= 0.6 is 11.6 Å². The fraction of sp³-hybridized carbons (Fsp3) is 0.312. The third-order valence-corrected chi connectivity index (χ3v) is 8.09. The Balaban J connectivity index is 0.000000463. The van der Waals surface area contributed by atoms with Crippen LogP contribution in [0, 0.1) is 22.6 Å². The first-order chi connectivity index (χ1) is 20.6. The summed E-state index contributed by atoms with van der Waals surface area (Å²) in [7, 11) is 1.71. The van der Waals surface area contributed by atoms with Crippen LogP contribution in [0.1, 0.15) is 64.3 Å². The highest BCUT2D eigenvalue weighted by atomic mass is 35.5. The molecule has 1 aliphatic heterocycles. The number of aromatic nitrogens is 3. The molecule has 6 rings (SSSR count). The summed E-state index contributed by atoms with van der Waals surface area (Å²) in [5.74, 6) is -1.13. The molecule has 2 aromatic carbocycles. The van der Waals surface area contributed by atoms with E-state index in [1.165, 1.54) is 41.0 Å². The number of fused-ring (bicyclic) bond motifs is 1. The zero-order valence-corrected chi connectivity index (χ0v) is 24.5. The second kappa shape index (κ2) is 12.2. The van der Waals surface area contributed by atoms with Crippen LogP contribution in [-0.2, 0) is 23.9 Å². The average molecular weight is 604 g/mol. The second-order valence-corrected chi connectivity index (χ2v) is 11.5. The first-order valence-corrected chi connectivity index (χ1v) is 14.1. The smallest absolute Gasteiger partial charge is 0.257 e. The number of aryl methyl sites for hydroxylation is 1. The van der Waals surface area contributed by atoms with E-state index in [0.29, 0.717) is 16.8 Å². The molecule has 1 amide bonds. The van der Waals surface area contributed by atoms with E-state index >= 15 is 4.39 Å². The van der Waals surface area contributed by atoms with E-state index in [1.807, 2.05) is 36.4 Å². The fourth-order valence-corrected chi connectivity index (χ4v) is 5.01. The van der Waals surface area contributed by atoms with Crippen LogP contribution < -0.4 is 0 Å². The minimum atomic E-state index is -1.59. The van der Waals surface area contributed by atoms with Crippen LogP contribution in [0.5, 0.6) is 0 Å². The highest BCUT2D eigenvalue weighted by Crippen LogP contribution is 2.48. The highest BCUT2D eigenvalue weighted by Gasteiger charge is 2.47. The van der Waals surface area contributed by atoms with Gasteiger partial charge in [0, 0.05) is 41.0 Å². The van der Waals surface area contributed by atoms with Crippen LogP contribution in [0.3, 0.4) is 0 Å². The van der Waals surface area contributed by atoms with Gasteiger partial charge >= 0.3 is 0 Å². The van der Waals surface area contributed by atoms with Gasteiger partial charge in [-0.1, -0.05) is 29.8 Å². The Kier molecular flexibility index (Phi) is 8.62. The summed E-state index contributed by atoms with van der Waals surface area (Å²) in [6.07, 6.45) is 5.10. The van der Waals surface area contributed by atoms with Gasteiger partial charge in [0.1, 0.15) is 17.5 Å². The number of aliphatic hydroxyl groups excluding tert-OH is 1. The van der Waals surface area contributed by atoms with E-state index in [-0.39, 0.29) is 41.9 Å². The molecule has 1 saturated carbocycles. The van der Waals surface area contributed by atoms with Crippen molar-refractivity contribution in [1.29, 1.82) is 5.26 Å². The van der Waals surface area contributed by atoms with Gasteiger partial charge in [-0.15, -0.1) is 0 Å². The molecule has 222 valence electrons. The summed E-state index contributed by atoms with van der Waals surface area (Å²) in [4.78, 5) is 19.2. The minimum absolute atomic E-state index is 0.0315. The van der Waals surface area contributed by atoms with Gasteiger partial charge in [0.05, 0.1) is 42.8 Å². The molecule has 1 aliphatic carbocycles. The Labute approximate surface area is 253 Å². The van der Waals surface area contributed by atoms with Gasteiger partial charge in [-0.05, 0) is 61.7 Å². The highest BCUT2D eigenvalue weighted by molar-refractivity contribution is 6.30. The molecule has 0 saturated heterocycles. The molecule has 1 fully saturated rings. The molecule has 9 nitrogen and oxygen atoms in total. The SMILES string of the molecule is Clc1ccccc1.Cn1cc(C(C)(O)c2cc(F)c3c(c2)C(=O)N(Cc2ccc(C#N)cn2)C3OCC2(CO)CC2)cn1. The number of rotatable bonds is 8. The van der Waals surface area contributed by atoms with Gasteiger partial charge in [0.2, 0.25) is 0 Å². The molecule has 4 aromatic rings. The van der Waals surface area contributed by atoms with Crippen molar-refractivity contribution in [3.8, 4) is 6.07 Å². The number of ether oxygens (including phenoxy) is 1. The van der Waals surface area contributed by atoms with Gasteiger partial charge in [0.25, 0.3) is 5.91 Å². The number of carbonyl (C=O) groups is 1. The van der Waals surface area contributed by atoms with Gasteiger partial charge in [-0.25, -0.2) is 4.39 Å². The van der Waals surface area contributed by atoms with E-state index < -0.39 is 23.6 Å². The minimum Gasteiger partial charge on any atom is -0.396 e. The Hall–Kier alpha value is -4.14. The number of carbonyl (C=O) groups excluding carboxylic acids is 1. The molecule has 2 N–H and O–H groups in total. The molecular formula is C32H31ClFN5O4. The first-order valence-electron chi connectivity index (χ1n) is 13.7. The topological polar surface area (TPSA) is 125 Å². The zero-order valence-electron chi connectivity index (χ0n) is 23.7. The van der Waals surface area contributed by atoms with Gasteiger partial charge in [-0.2, -0.15) is 10.4 Å². The number of nitrogens with zero attached hydrogens (tertiary/aromatic N) is 5. The van der Waals surface area contributed by atoms with E-state index in [0.717, 1.165) is 17.9 Å². The number of halogens is 2. The maximum absolute atomic E-state index is 15.7. The van der Waals surface area contributed by atoms with E-state index in [4.69, 9.17) is 21.6 Å². The number of hydrogen-bond acceptors (Lipinski definition) is 7. The summed E-state index contributed by atoms with van der Waals surface area (Å²) in [6.45, 7) is 1.68. The van der Waals surface area contributed by atoms with Crippen LogP contribution in [0.4, 0.5) is 4.39 Å². The molecule has 0 bridgehead atoms. The second-order valence-electron chi connectivity index (χ2n) is 11.1. The molecule has 43 heavy (non-hydrogen) atoms. The van der Waals surface area contributed by atoms with Crippen LogP contribution in [-0.4, -0.2) is 49.0 Å². The number of amides is 1. The number of aliphatic hydroxyl groups is 2.